The van der Waals surface area contributed by atoms with Crippen molar-refractivity contribution in [1.82, 2.24) is 5.32 Å². The van der Waals surface area contributed by atoms with E-state index < -0.39 is 0 Å². The first-order chi connectivity index (χ1) is 5.75. The molecule has 0 saturated heterocycles. The highest BCUT2D eigenvalue weighted by atomic mass is 16.1. The molecule has 1 N–H and O–H groups in total. The lowest BCUT2D eigenvalue weighted by atomic mass is 9.95. The van der Waals surface area contributed by atoms with Gasteiger partial charge in [-0.25, -0.2) is 0 Å². The van der Waals surface area contributed by atoms with Crippen molar-refractivity contribution < 1.29 is 4.79 Å². The second-order valence-corrected chi connectivity index (χ2v) is 4.77. The standard InChI is InChI=1S/C10H15NO/c1-5(12)11-10-3-6-2-7(6)8-4-9(8)10/h6-10H,2-4H2,1H3,(H,11,12)/t6-,7-,8+,9+,10?/m1/s1. The van der Waals surface area contributed by atoms with Crippen LogP contribution in [0, 0.1) is 23.7 Å². The second-order valence-electron chi connectivity index (χ2n) is 4.77. The smallest absolute Gasteiger partial charge is 0.217 e. The minimum absolute atomic E-state index is 0.157. The fourth-order valence-corrected chi connectivity index (χ4v) is 3.19. The van der Waals surface area contributed by atoms with Crippen molar-refractivity contribution in [2.24, 2.45) is 23.7 Å². The van der Waals surface area contributed by atoms with Crippen LogP contribution in [-0.4, -0.2) is 11.9 Å². The van der Waals surface area contributed by atoms with Crippen molar-refractivity contribution in [3.8, 4) is 0 Å². The summed E-state index contributed by atoms with van der Waals surface area (Å²) in [6.07, 6.45) is 4.12. The van der Waals surface area contributed by atoms with Gasteiger partial charge in [0.25, 0.3) is 0 Å². The molecule has 3 rings (SSSR count). The molecule has 0 radical (unpaired) electrons. The van der Waals surface area contributed by atoms with Crippen LogP contribution < -0.4 is 5.32 Å². The summed E-state index contributed by atoms with van der Waals surface area (Å²) in [7, 11) is 0. The normalized spacial score (nSPS) is 53.6. The molecule has 1 unspecified atom stereocenters. The first-order valence-corrected chi connectivity index (χ1v) is 5.03. The maximum Gasteiger partial charge on any atom is 0.217 e. The van der Waals surface area contributed by atoms with Gasteiger partial charge in [0.15, 0.2) is 0 Å². The van der Waals surface area contributed by atoms with Crippen molar-refractivity contribution in [3.05, 3.63) is 0 Å². The number of nitrogens with one attached hydrogen (secondary N) is 1. The van der Waals surface area contributed by atoms with Crippen LogP contribution in [0.1, 0.15) is 26.2 Å². The van der Waals surface area contributed by atoms with Gasteiger partial charge in [0, 0.05) is 13.0 Å². The van der Waals surface area contributed by atoms with Gasteiger partial charge in [-0.2, -0.15) is 0 Å². The minimum Gasteiger partial charge on any atom is -0.353 e. The Kier molecular flexibility index (Phi) is 1.18. The Morgan fingerprint density at radius 1 is 1.17 bits per heavy atom. The molecule has 0 aromatic heterocycles. The summed E-state index contributed by atoms with van der Waals surface area (Å²) in [6, 6.07) is 0.538. The van der Waals surface area contributed by atoms with Crippen molar-refractivity contribution in [2.45, 2.75) is 32.2 Å². The number of hydrogen-bond acceptors (Lipinski definition) is 1. The van der Waals surface area contributed by atoms with Crippen LogP contribution in [0.25, 0.3) is 0 Å². The maximum absolute atomic E-state index is 10.9. The molecule has 0 spiro atoms. The Morgan fingerprint density at radius 2 is 2.00 bits per heavy atom. The van der Waals surface area contributed by atoms with Gasteiger partial charge in [-0.15, -0.1) is 0 Å². The maximum atomic E-state index is 10.9. The predicted octanol–water partition coefficient (Wildman–Crippen LogP) is 1.17. The molecular weight excluding hydrogens is 150 g/mol. The number of carbonyl (C=O) groups excluding carboxylic acids is 1. The summed E-state index contributed by atoms with van der Waals surface area (Å²) in [5, 5.41) is 3.09. The largest absolute Gasteiger partial charge is 0.353 e. The molecule has 5 atom stereocenters. The van der Waals surface area contributed by atoms with Crippen LogP contribution in [0.2, 0.25) is 0 Å². The third kappa shape index (κ3) is 0.900. The molecule has 12 heavy (non-hydrogen) atoms. The first kappa shape index (κ1) is 6.93. The van der Waals surface area contributed by atoms with E-state index in [1.807, 2.05) is 0 Å². The molecule has 0 heterocycles. The molecule has 0 aliphatic heterocycles. The van der Waals surface area contributed by atoms with Crippen LogP contribution in [0.15, 0.2) is 0 Å². The van der Waals surface area contributed by atoms with Gasteiger partial charge in [0.2, 0.25) is 5.91 Å². The molecule has 0 aromatic rings. The molecule has 1 amide bonds. The highest BCUT2D eigenvalue weighted by molar-refractivity contribution is 5.73. The number of hydrogen-bond donors (Lipinski definition) is 1. The van der Waals surface area contributed by atoms with Gasteiger partial charge in [-0.3, -0.25) is 4.79 Å². The third-order valence-electron chi connectivity index (χ3n) is 3.88. The van der Waals surface area contributed by atoms with Crippen molar-refractivity contribution in [3.63, 3.8) is 0 Å². The van der Waals surface area contributed by atoms with Gasteiger partial charge in [0.05, 0.1) is 0 Å². The highest BCUT2D eigenvalue weighted by Gasteiger charge is 2.60. The van der Waals surface area contributed by atoms with E-state index in [0.29, 0.717) is 6.04 Å². The fourth-order valence-electron chi connectivity index (χ4n) is 3.19. The monoisotopic (exact) mass is 165 g/mol. The summed E-state index contributed by atoms with van der Waals surface area (Å²) in [6.45, 7) is 1.64. The molecule has 3 saturated carbocycles. The summed E-state index contributed by atoms with van der Waals surface area (Å²) in [5.74, 6) is 4.06. The summed E-state index contributed by atoms with van der Waals surface area (Å²) in [5.41, 5.74) is 0. The van der Waals surface area contributed by atoms with Crippen LogP contribution in [-0.2, 0) is 4.79 Å². The molecule has 66 valence electrons. The van der Waals surface area contributed by atoms with E-state index in [4.69, 9.17) is 0 Å². The van der Waals surface area contributed by atoms with E-state index in [1.165, 1.54) is 19.3 Å². The van der Waals surface area contributed by atoms with Crippen LogP contribution >= 0.6 is 0 Å². The quantitative estimate of drug-likeness (QED) is 0.621. The summed E-state index contributed by atoms with van der Waals surface area (Å²) < 4.78 is 0. The van der Waals surface area contributed by atoms with Gasteiger partial charge >= 0.3 is 0 Å². The van der Waals surface area contributed by atoms with Crippen LogP contribution in [0.4, 0.5) is 0 Å². The van der Waals surface area contributed by atoms with Crippen molar-refractivity contribution in [1.29, 1.82) is 0 Å². The first-order valence-electron chi connectivity index (χ1n) is 5.03. The number of rotatable bonds is 1. The number of fused-ring (bicyclic) bond motifs is 3. The average Bonchev–Trinajstić information content (AvgIpc) is 2.78. The zero-order valence-corrected chi connectivity index (χ0v) is 7.42. The molecular formula is C10H15NO. The molecule has 3 fully saturated rings. The predicted molar refractivity (Wildman–Crippen MR) is 45.4 cm³/mol. The molecule has 2 nitrogen and oxygen atoms in total. The molecule has 3 aliphatic rings. The zero-order chi connectivity index (χ0) is 8.29. The average molecular weight is 165 g/mol. The van der Waals surface area contributed by atoms with Gasteiger partial charge in [0.1, 0.15) is 0 Å². The van der Waals surface area contributed by atoms with Gasteiger partial charge < -0.3 is 5.32 Å². The summed E-state index contributed by atoms with van der Waals surface area (Å²) >= 11 is 0. The van der Waals surface area contributed by atoms with E-state index in [2.05, 4.69) is 5.32 Å². The topological polar surface area (TPSA) is 29.1 Å². The van der Waals surface area contributed by atoms with Gasteiger partial charge in [-0.1, -0.05) is 0 Å². The Bertz CT molecular complexity index is 238. The molecule has 3 aliphatic carbocycles. The Balaban J connectivity index is 1.68. The lowest BCUT2D eigenvalue weighted by molar-refractivity contribution is -0.120. The van der Waals surface area contributed by atoms with Crippen LogP contribution in [0.5, 0.6) is 0 Å². The van der Waals surface area contributed by atoms with Crippen molar-refractivity contribution >= 4 is 5.91 Å². The van der Waals surface area contributed by atoms with Gasteiger partial charge in [-0.05, 0) is 42.9 Å². The third-order valence-corrected chi connectivity index (χ3v) is 3.88. The molecule has 0 aromatic carbocycles. The minimum atomic E-state index is 0.157. The number of carbonyl (C=O) groups is 1. The Labute approximate surface area is 72.7 Å². The zero-order valence-electron chi connectivity index (χ0n) is 7.42. The number of amides is 1. The molecule has 0 bridgehead atoms. The lowest BCUT2D eigenvalue weighted by Gasteiger charge is -2.21. The van der Waals surface area contributed by atoms with Crippen molar-refractivity contribution in [2.75, 3.05) is 0 Å². The summed E-state index contributed by atoms with van der Waals surface area (Å²) in [4.78, 5) is 10.9. The highest BCUT2D eigenvalue weighted by Crippen LogP contribution is 2.65. The fraction of sp³-hybridized carbons (Fsp3) is 0.900. The Hall–Kier alpha value is -0.530. The second kappa shape index (κ2) is 2.04. The molecule has 2 heteroatoms. The van der Waals surface area contributed by atoms with E-state index in [0.717, 1.165) is 23.7 Å². The van der Waals surface area contributed by atoms with E-state index >= 15 is 0 Å². The lowest BCUT2D eigenvalue weighted by Crippen LogP contribution is -2.37. The Morgan fingerprint density at radius 3 is 2.75 bits per heavy atom. The van der Waals surface area contributed by atoms with E-state index in [-0.39, 0.29) is 5.91 Å². The van der Waals surface area contributed by atoms with E-state index in [9.17, 15) is 4.79 Å². The SMILES string of the molecule is CC(=O)NC1C[C@H]2C[C@H]2[C@@H]2C[C@H]12. The van der Waals surface area contributed by atoms with E-state index in [1.54, 1.807) is 6.92 Å². The van der Waals surface area contributed by atoms with Crippen LogP contribution in [0.3, 0.4) is 0 Å².